The van der Waals surface area contributed by atoms with E-state index in [9.17, 15) is 9.90 Å². The van der Waals surface area contributed by atoms with Gasteiger partial charge in [0.05, 0.1) is 23.1 Å². The number of nitrogens with zero attached hydrogens (tertiary/aromatic N) is 1. The highest BCUT2D eigenvalue weighted by molar-refractivity contribution is 6.30. The average molecular weight is 382 g/mol. The minimum atomic E-state index is -0.991. The molecule has 0 aliphatic rings. The van der Waals surface area contributed by atoms with Gasteiger partial charge in [0, 0.05) is 17.0 Å². The summed E-state index contributed by atoms with van der Waals surface area (Å²) in [5.74, 6) is -0.367. The molecule has 4 nitrogen and oxygen atoms in total. The number of aromatic carboxylic acids is 1. The number of hydrogen-bond donors (Lipinski definition) is 1. The third-order valence-electron chi connectivity index (χ3n) is 4.00. The van der Waals surface area contributed by atoms with Gasteiger partial charge in [0.2, 0.25) is 0 Å². The Hall–Kier alpha value is -2.85. The highest BCUT2D eigenvalue weighted by Crippen LogP contribution is 2.33. The first kappa shape index (κ1) is 18.9. The molecule has 0 unspecified atom stereocenters. The molecule has 3 rings (SSSR count). The molecule has 27 heavy (non-hydrogen) atoms. The Labute approximate surface area is 163 Å². The van der Waals surface area contributed by atoms with E-state index in [1.807, 2.05) is 50.2 Å². The van der Waals surface area contributed by atoms with Gasteiger partial charge in [-0.1, -0.05) is 41.9 Å². The second kappa shape index (κ2) is 8.23. The van der Waals surface area contributed by atoms with Gasteiger partial charge in [-0.05, 0) is 49.7 Å². The zero-order chi connectivity index (χ0) is 19.4. The molecule has 0 saturated heterocycles. The third kappa shape index (κ3) is 4.66. The molecule has 1 aromatic heterocycles. The fourth-order valence-electron chi connectivity index (χ4n) is 2.83. The maximum atomic E-state index is 11.6. The van der Waals surface area contributed by atoms with Gasteiger partial charge in [-0.2, -0.15) is 0 Å². The number of carboxylic acid groups (broad SMARTS) is 1. The van der Waals surface area contributed by atoms with Crippen LogP contribution in [0, 0.1) is 0 Å². The summed E-state index contributed by atoms with van der Waals surface area (Å²) in [4.78, 5) is 16.3. The summed E-state index contributed by atoms with van der Waals surface area (Å²) in [5, 5.41) is 10.1. The minimum absolute atomic E-state index is 0.0238. The number of carbonyl (C=O) groups is 1. The summed E-state index contributed by atoms with van der Waals surface area (Å²) in [6.45, 7) is 3.87. The fourth-order valence-corrected chi connectivity index (χ4v) is 2.99. The molecule has 0 spiro atoms. The molecule has 0 fully saturated rings. The van der Waals surface area contributed by atoms with E-state index in [2.05, 4.69) is 4.98 Å². The van der Waals surface area contributed by atoms with E-state index in [-0.39, 0.29) is 11.7 Å². The summed E-state index contributed by atoms with van der Waals surface area (Å²) in [5.41, 5.74) is 3.14. The standard InChI is InChI=1S/C22H20ClNO3/c1-14(2)27-21-13-16(23)8-9-17(21)19-11-10-18(22(25)26)20(24-19)12-15-6-4-3-5-7-15/h3-11,13-14H,12H2,1-2H3,(H,25,26). The fraction of sp³-hybridized carbons (Fsp3) is 0.182. The summed E-state index contributed by atoms with van der Waals surface area (Å²) in [6.07, 6.45) is 0.411. The number of hydrogen-bond acceptors (Lipinski definition) is 3. The first-order valence-electron chi connectivity index (χ1n) is 8.67. The van der Waals surface area contributed by atoms with Crippen molar-refractivity contribution in [3.8, 4) is 17.0 Å². The highest BCUT2D eigenvalue weighted by Gasteiger charge is 2.16. The molecule has 3 aromatic rings. The normalized spacial score (nSPS) is 10.8. The maximum Gasteiger partial charge on any atom is 0.337 e. The van der Waals surface area contributed by atoms with Crippen molar-refractivity contribution < 1.29 is 14.6 Å². The van der Waals surface area contributed by atoms with E-state index < -0.39 is 5.97 Å². The van der Waals surface area contributed by atoms with Crippen LogP contribution in [0.4, 0.5) is 0 Å². The van der Waals surface area contributed by atoms with E-state index in [4.69, 9.17) is 16.3 Å². The number of ether oxygens (including phenoxy) is 1. The Kier molecular flexibility index (Phi) is 5.77. The molecule has 1 N–H and O–H groups in total. The van der Waals surface area contributed by atoms with Gasteiger partial charge in [0.25, 0.3) is 0 Å². The monoisotopic (exact) mass is 381 g/mol. The van der Waals surface area contributed by atoms with Crippen molar-refractivity contribution in [1.82, 2.24) is 4.98 Å². The maximum absolute atomic E-state index is 11.6. The lowest BCUT2D eigenvalue weighted by Gasteiger charge is -2.15. The largest absolute Gasteiger partial charge is 0.490 e. The number of carboxylic acids is 1. The van der Waals surface area contributed by atoms with Gasteiger partial charge in [-0.15, -0.1) is 0 Å². The Morgan fingerprint density at radius 2 is 1.85 bits per heavy atom. The zero-order valence-electron chi connectivity index (χ0n) is 15.1. The van der Waals surface area contributed by atoms with E-state index >= 15 is 0 Å². The van der Waals surface area contributed by atoms with Gasteiger partial charge in [-0.25, -0.2) is 4.79 Å². The Morgan fingerprint density at radius 1 is 1.11 bits per heavy atom. The lowest BCUT2D eigenvalue weighted by Crippen LogP contribution is -2.08. The third-order valence-corrected chi connectivity index (χ3v) is 4.24. The van der Waals surface area contributed by atoms with Crippen LogP contribution < -0.4 is 4.74 Å². The van der Waals surface area contributed by atoms with Gasteiger partial charge >= 0.3 is 5.97 Å². The molecule has 5 heteroatoms. The quantitative estimate of drug-likeness (QED) is 0.614. The van der Waals surface area contributed by atoms with Crippen LogP contribution in [0.2, 0.25) is 5.02 Å². The van der Waals surface area contributed by atoms with Crippen molar-refractivity contribution >= 4 is 17.6 Å². The lowest BCUT2D eigenvalue weighted by atomic mass is 10.0. The number of benzene rings is 2. The van der Waals surface area contributed by atoms with Gasteiger partial charge in [0.15, 0.2) is 0 Å². The predicted molar refractivity (Wildman–Crippen MR) is 107 cm³/mol. The second-order valence-corrected chi connectivity index (χ2v) is 6.90. The van der Waals surface area contributed by atoms with E-state index in [1.165, 1.54) is 0 Å². The van der Waals surface area contributed by atoms with Crippen LogP contribution >= 0.6 is 11.6 Å². The Bertz CT molecular complexity index is 955. The first-order valence-corrected chi connectivity index (χ1v) is 9.05. The van der Waals surface area contributed by atoms with Crippen LogP contribution in [0.3, 0.4) is 0 Å². The molecule has 0 saturated carbocycles. The van der Waals surface area contributed by atoms with Crippen LogP contribution in [0.15, 0.2) is 60.7 Å². The SMILES string of the molecule is CC(C)Oc1cc(Cl)ccc1-c1ccc(C(=O)O)c(Cc2ccccc2)n1. The number of pyridine rings is 1. The van der Waals surface area contributed by atoms with Crippen molar-refractivity contribution in [2.24, 2.45) is 0 Å². The Morgan fingerprint density at radius 3 is 2.52 bits per heavy atom. The molecule has 2 aromatic carbocycles. The molecule has 0 bridgehead atoms. The molecule has 0 amide bonds. The van der Waals surface area contributed by atoms with Crippen molar-refractivity contribution in [2.75, 3.05) is 0 Å². The van der Waals surface area contributed by atoms with E-state index in [1.54, 1.807) is 24.3 Å². The number of aromatic nitrogens is 1. The summed E-state index contributed by atoms with van der Waals surface area (Å²) in [7, 11) is 0. The summed E-state index contributed by atoms with van der Waals surface area (Å²) in [6, 6.07) is 18.3. The van der Waals surface area contributed by atoms with Gasteiger partial charge in [-0.3, -0.25) is 4.98 Å². The number of halogens is 1. The summed E-state index contributed by atoms with van der Waals surface area (Å²) < 4.78 is 5.88. The highest BCUT2D eigenvalue weighted by atomic mass is 35.5. The smallest absolute Gasteiger partial charge is 0.337 e. The van der Waals surface area contributed by atoms with Crippen LogP contribution in [0.25, 0.3) is 11.3 Å². The molecule has 0 aliphatic heterocycles. The van der Waals surface area contributed by atoms with Gasteiger partial charge < -0.3 is 9.84 Å². The lowest BCUT2D eigenvalue weighted by molar-refractivity contribution is 0.0695. The van der Waals surface area contributed by atoms with Crippen LogP contribution in [0.5, 0.6) is 5.75 Å². The molecule has 138 valence electrons. The molecular formula is C22H20ClNO3. The zero-order valence-corrected chi connectivity index (χ0v) is 15.9. The second-order valence-electron chi connectivity index (χ2n) is 6.47. The topological polar surface area (TPSA) is 59.4 Å². The predicted octanol–water partition coefficient (Wildman–Crippen LogP) is 5.48. The van der Waals surface area contributed by atoms with Crippen LogP contribution in [0.1, 0.15) is 35.5 Å². The molecule has 0 aliphatic carbocycles. The van der Waals surface area contributed by atoms with E-state index in [0.29, 0.717) is 28.6 Å². The van der Waals surface area contributed by atoms with Crippen molar-refractivity contribution in [1.29, 1.82) is 0 Å². The molecule has 0 radical (unpaired) electrons. The molecule has 1 heterocycles. The molecule has 0 atom stereocenters. The van der Waals surface area contributed by atoms with Crippen LogP contribution in [-0.2, 0) is 6.42 Å². The number of rotatable bonds is 6. The van der Waals surface area contributed by atoms with Crippen molar-refractivity contribution in [2.45, 2.75) is 26.4 Å². The van der Waals surface area contributed by atoms with Crippen molar-refractivity contribution in [3.63, 3.8) is 0 Å². The Balaban J connectivity index is 2.07. The first-order chi connectivity index (χ1) is 12.9. The minimum Gasteiger partial charge on any atom is -0.490 e. The van der Waals surface area contributed by atoms with Gasteiger partial charge in [0.1, 0.15) is 5.75 Å². The van der Waals surface area contributed by atoms with Crippen molar-refractivity contribution in [3.05, 3.63) is 82.5 Å². The summed E-state index contributed by atoms with van der Waals surface area (Å²) >= 11 is 6.11. The van der Waals surface area contributed by atoms with Crippen LogP contribution in [-0.4, -0.2) is 22.2 Å². The molecular weight excluding hydrogens is 362 g/mol. The average Bonchev–Trinajstić information content (AvgIpc) is 2.62. The van der Waals surface area contributed by atoms with E-state index in [0.717, 1.165) is 11.1 Å².